The van der Waals surface area contributed by atoms with Gasteiger partial charge in [-0.1, -0.05) is 56.5 Å². The van der Waals surface area contributed by atoms with Gasteiger partial charge in [-0.2, -0.15) is 0 Å². The van der Waals surface area contributed by atoms with E-state index in [1.54, 1.807) is 13.3 Å². The lowest BCUT2D eigenvalue weighted by Gasteiger charge is -2.22. The fourth-order valence-electron chi connectivity index (χ4n) is 3.67. The molecule has 0 aliphatic rings. The number of nitrogens with zero attached hydrogens (tertiary/aromatic N) is 3. The van der Waals surface area contributed by atoms with Gasteiger partial charge < -0.3 is 10.2 Å². The van der Waals surface area contributed by atoms with Crippen LogP contribution in [0.3, 0.4) is 0 Å². The Balaban J connectivity index is 1.66. The van der Waals surface area contributed by atoms with Crippen LogP contribution >= 0.6 is 0 Å². The van der Waals surface area contributed by atoms with Crippen molar-refractivity contribution in [2.24, 2.45) is 15.7 Å². The molecular formula is C26H34N4O. The highest BCUT2D eigenvalue weighted by Gasteiger charge is 2.19. The standard InChI is InChI=1S/C26H34N4O/c1-3-4-5-9-17-29-18-10-8-12-21-13-11-15-23(19-21)30(26(27)28-2)25-24-16-7-6-14-22(24)20-31-25/h6-7,11,13-16,18-20H,3-5,8-10,12,17H2,1-2H3,(H2,27,28). The molecule has 3 rings (SSSR count). The number of unbranched alkanes of at least 4 members (excludes halogenated alkanes) is 4. The maximum absolute atomic E-state index is 6.28. The lowest BCUT2D eigenvalue weighted by atomic mass is 10.1. The van der Waals surface area contributed by atoms with E-state index >= 15 is 0 Å². The molecular weight excluding hydrogens is 384 g/mol. The predicted octanol–water partition coefficient (Wildman–Crippen LogP) is 6.49. The molecule has 5 nitrogen and oxygen atoms in total. The van der Waals surface area contributed by atoms with Gasteiger partial charge in [0, 0.05) is 24.4 Å². The summed E-state index contributed by atoms with van der Waals surface area (Å²) < 4.78 is 5.90. The Morgan fingerprint density at radius 1 is 1.06 bits per heavy atom. The second kappa shape index (κ2) is 11.9. The van der Waals surface area contributed by atoms with Gasteiger partial charge in [0.1, 0.15) is 6.26 Å². The second-order valence-electron chi connectivity index (χ2n) is 7.76. The second-order valence-corrected chi connectivity index (χ2v) is 7.76. The van der Waals surface area contributed by atoms with Gasteiger partial charge in [0.15, 0.2) is 0 Å². The zero-order chi connectivity index (χ0) is 21.9. The molecule has 0 saturated heterocycles. The van der Waals surface area contributed by atoms with Crippen LogP contribution in [0.2, 0.25) is 0 Å². The van der Waals surface area contributed by atoms with Crippen molar-refractivity contribution < 1.29 is 4.42 Å². The van der Waals surface area contributed by atoms with E-state index < -0.39 is 0 Å². The summed E-state index contributed by atoms with van der Waals surface area (Å²) >= 11 is 0. The summed E-state index contributed by atoms with van der Waals surface area (Å²) in [7, 11) is 1.69. The number of aryl methyl sites for hydroxylation is 1. The summed E-state index contributed by atoms with van der Waals surface area (Å²) in [5.74, 6) is 1.08. The Morgan fingerprint density at radius 2 is 1.94 bits per heavy atom. The normalized spacial score (nSPS) is 12.1. The lowest BCUT2D eigenvalue weighted by molar-refractivity contribution is 0.580. The van der Waals surface area contributed by atoms with Crippen molar-refractivity contribution in [1.82, 2.24) is 0 Å². The topological polar surface area (TPSA) is 67.1 Å². The van der Waals surface area contributed by atoms with Gasteiger partial charge in [-0.3, -0.25) is 14.9 Å². The van der Waals surface area contributed by atoms with E-state index in [0.717, 1.165) is 42.3 Å². The maximum atomic E-state index is 6.28. The predicted molar refractivity (Wildman–Crippen MR) is 133 cm³/mol. The Morgan fingerprint density at radius 3 is 2.77 bits per heavy atom. The third-order valence-electron chi connectivity index (χ3n) is 5.39. The zero-order valence-corrected chi connectivity index (χ0v) is 18.8. The summed E-state index contributed by atoms with van der Waals surface area (Å²) in [6, 6.07) is 16.5. The van der Waals surface area contributed by atoms with E-state index in [9.17, 15) is 0 Å². The number of benzene rings is 2. The van der Waals surface area contributed by atoms with Crippen molar-refractivity contribution in [1.29, 1.82) is 0 Å². The third-order valence-corrected chi connectivity index (χ3v) is 5.39. The number of hydrogen-bond donors (Lipinski definition) is 1. The van der Waals surface area contributed by atoms with E-state index in [1.807, 2.05) is 35.2 Å². The van der Waals surface area contributed by atoms with E-state index in [4.69, 9.17) is 10.2 Å². The number of fused-ring (bicyclic) bond motifs is 1. The molecule has 2 N–H and O–H groups in total. The van der Waals surface area contributed by atoms with Crippen LogP contribution in [0.4, 0.5) is 11.6 Å². The van der Waals surface area contributed by atoms with E-state index in [1.165, 1.54) is 31.2 Å². The Kier molecular flexibility index (Phi) is 8.71. The Hall–Kier alpha value is -3.08. The van der Waals surface area contributed by atoms with E-state index in [2.05, 4.69) is 41.3 Å². The summed E-state index contributed by atoms with van der Waals surface area (Å²) in [6.45, 7) is 3.19. The van der Waals surface area contributed by atoms with Crippen molar-refractivity contribution >= 4 is 34.5 Å². The summed E-state index contributed by atoms with van der Waals surface area (Å²) in [4.78, 5) is 10.6. The smallest absolute Gasteiger partial charge is 0.214 e. The molecule has 0 spiro atoms. The lowest BCUT2D eigenvalue weighted by Crippen LogP contribution is -2.33. The first-order valence-corrected chi connectivity index (χ1v) is 11.3. The minimum Gasteiger partial charge on any atom is -0.447 e. The van der Waals surface area contributed by atoms with Crippen LogP contribution in [-0.2, 0) is 6.42 Å². The number of anilines is 2. The van der Waals surface area contributed by atoms with Crippen LogP contribution in [-0.4, -0.2) is 25.8 Å². The van der Waals surface area contributed by atoms with Gasteiger partial charge in [-0.05, 0) is 55.7 Å². The molecule has 3 aromatic rings. The molecule has 0 fully saturated rings. The molecule has 5 heteroatoms. The molecule has 0 unspecified atom stereocenters. The molecule has 0 saturated carbocycles. The fourth-order valence-corrected chi connectivity index (χ4v) is 3.67. The largest absolute Gasteiger partial charge is 0.447 e. The van der Waals surface area contributed by atoms with Crippen LogP contribution in [0.1, 0.15) is 51.0 Å². The molecule has 0 atom stereocenters. The minimum atomic E-state index is 0.396. The summed E-state index contributed by atoms with van der Waals surface area (Å²) in [5, 5.41) is 2.05. The van der Waals surface area contributed by atoms with Crippen molar-refractivity contribution in [2.75, 3.05) is 18.5 Å². The SMILES string of the molecule is CCCCCCN=CCCCc1cccc(N(C(N)=NC)c2occ3ccccc23)c1. The molecule has 1 heterocycles. The Labute approximate surface area is 185 Å². The van der Waals surface area contributed by atoms with Gasteiger partial charge in [0.2, 0.25) is 11.8 Å². The average Bonchev–Trinajstić information content (AvgIpc) is 3.22. The van der Waals surface area contributed by atoms with Crippen molar-refractivity contribution in [3.8, 4) is 0 Å². The molecule has 0 radical (unpaired) electrons. The van der Waals surface area contributed by atoms with E-state index in [0.29, 0.717) is 11.8 Å². The van der Waals surface area contributed by atoms with Crippen LogP contribution < -0.4 is 10.6 Å². The van der Waals surface area contributed by atoms with Crippen molar-refractivity contribution in [3.63, 3.8) is 0 Å². The third kappa shape index (κ3) is 6.20. The first-order chi connectivity index (χ1) is 15.2. The number of rotatable bonds is 11. The molecule has 0 bridgehead atoms. The highest BCUT2D eigenvalue weighted by atomic mass is 16.3. The molecule has 2 aromatic carbocycles. The maximum Gasteiger partial charge on any atom is 0.214 e. The monoisotopic (exact) mass is 418 g/mol. The average molecular weight is 419 g/mol. The summed E-state index contributed by atoms with van der Waals surface area (Å²) in [6.07, 6.45) is 12.0. The van der Waals surface area contributed by atoms with E-state index in [-0.39, 0.29) is 0 Å². The van der Waals surface area contributed by atoms with Crippen LogP contribution in [0.15, 0.2) is 69.2 Å². The molecule has 1 aromatic heterocycles. The van der Waals surface area contributed by atoms with Gasteiger partial charge in [0.05, 0.1) is 5.69 Å². The van der Waals surface area contributed by atoms with Gasteiger partial charge in [0.25, 0.3) is 0 Å². The molecule has 0 aliphatic heterocycles. The number of guanidine groups is 1. The highest BCUT2D eigenvalue weighted by Crippen LogP contribution is 2.34. The molecule has 164 valence electrons. The quantitative estimate of drug-likeness (QED) is 0.220. The number of hydrogen-bond acceptors (Lipinski definition) is 3. The minimum absolute atomic E-state index is 0.396. The van der Waals surface area contributed by atoms with Crippen LogP contribution in [0.5, 0.6) is 0 Å². The van der Waals surface area contributed by atoms with Gasteiger partial charge >= 0.3 is 0 Å². The van der Waals surface area contributed by atoms with Crippen molar-refractivity contribution in [3.05, 3.63) is 60.4 Å². The van der Waals surface area contributed by atoms with Gasteiger partial charge in [-0.15, -0.1) is 0 Å². The number of nitrogens with two attached hydrogens (primary N) is 1. The van der Waals surface area contributed by atoms with Crippen molar-refractivity contribution in [2.45, 2.75) is 51.9 Å². The molecule has 0 aliphatic carbocycles. The first-order valence-electron chi connectivity index (χ1n) is 11.3. The van der Waals surface area contributed by atoms with Gasteiger partial charge in [-0.25, -0.2) is 0 Å². The number of furan rings is 1. The number of aliphatic imine (C=N–C) groups is 2. The first kappa shape index (κ1) is 22.6. The van der Waals surface area contributed by atoms with Crippen LogP contribution in [0, 0.1) is 0 Å². The molecule has 0 amide bonds. The zero-order valence-electron chi connectivity index (χ0n) is 18.8. The van der Waals surface area contributed by atoms with Crippen LogP contribution in [0.25, 0.3) is 10.8 Å². The Bertz CT molecular complexity index is 1010. The highest BCUT2D eigenvalue weighted by molar-refractivity contribution is 6.07. The molecule has 31 heavy (non-hydrogen) atoms. The summed E-state index contributed by atoms with van der Waals surface area (Å²) in [5.41, 5.74) is 8.49. The fraction of sp³-hybridized carbons (Fsp3) is 0.385.